The molecule has 2 rings (SSSR count). The smallest absolute Gasteiger partial charge is 0.157 e. The molecular formula is C13H20N2OS. The van der Waals surface area contributed by atoms with Crippen molar-refractivity contribution < 1.29 is 4.42 Å². The van der Waals surface area contributed by atoms with Gasteiger partial charge in [-0.15, -0.1) is 0 Å². The molecule has 2 heterocycles. The van der Waals surface area contributed by atoms with Crippen LogP contribution in [0.3, 0.4) is 0 Å². The molecule has 0 saturated carbocycles. The summed E-state index contributed by atoms with van der Waals surface area (Å²) in [5.41, 5.74) is 0.211. The highest BCUT2D eigenvalue weighted by molar-refractivity contribution is 8.13. The van der Waals surface area contributed by atoms with Crippen LogP contribution < -0.4 is 5.32 Å². The molecule has 0 amide bonds. The topological polar surface area (TPSA) is 37.5 Å². The van der Waals surface area contributed by atoms with E-state index in [1.807, 2.05) is 19.1 Å². The average molecular weight is 252 g/mol. The molecule has 1 aromatic heterocycles. The normalized spacial score (nSPS) is 27.1. The van der Waals surface area contributed by atoms with Crippen molar-refractivity contribution in [3.8, 4) is 0 Å². The largest absolute Gasteiger partial charge is 0.464 e. The number of nitrogens with one attached hydrogen (secondary N) is 1. The molecule has 0 spiro atoms. The Kier molecular flexibility index (Phi) is 3.82. The van der Waals surface area contributed by atoms with Crippen LogP contribution >= 0.6 is 11.8 Å². The maximum Gasteiger partial charge on any atom is 0.157 e. The first-order valence-corrected chi connectivity index (χ1v) is 7.10. The van der Waals surface area contributed by atoms with E-state index in [0.29, 0.717) is 6.54 Å². The number of furan rings is 1. The molecule has 0 aromatic carbocycles. The summed E-state index contributed by atoms with van der Waals surface area (Å²) in [7, 11) is 0. The summed E-state index contributed by atoms with van der Waals surface area (Å²) in [5, 5.41) is 4.58. The lowest BCUT2D eigenvalue weighted by Crippen LogP contribution is -2.48. The molecular weight excluding hydrogens is 232 g/mol. The van der Waals surface area contributed by atoms with Gasteiger partial charge in [-0.3, -0.25) is 4.99 Å². The third-order valence-corrected chi connectivity index (χ3v) is 4.17. The minimum absolute atomic E-state index is 0.211. The van der Waals surface area contributed by atoms with Gasteiger partial charge in [-0.05, 0) is 38.8 Å². The van der Waals surface area contributed by atoms with Gasteiger partial charge in [0.15, 0.2) is 5.17 Å². The quantitative estimate of drug-likeness (QED) is 0.896. The van der Waals surface area contributed by atoms with Crippen LogP contribution in [0.2, 0.25) is 0 Å². The zero-order valence-corrected chi connectivity index (χ0v) is 11.6. The summed E-state index contributed by atoms with van der Waals surface area (Å²) in [6.45, 7) is 7.07. The van der Waals surface area contributed by atoms with Crippen molar-refractivity contribution in [2.45, 2.75) is 45.7 Å². The van der Waals surface area contributed by atoms with Crippen molar-refractivity contribution in [2.75, 3.05) is 5.75 Å². The van der Waals surface area contributed by atoms with Gasteiger partial charge in [0.25, 0.3) is 0 Å². The van der Waals surface area contributed by atoms with Crippen molar-refractivity contribution in [1.29, 1.82) is 0 Å². The lowest BCUT2D eigenvalue weighted by Gasteiger charge is -2.35. The highest BCUT2D eigenvalue weighted by atomic mass is 32.2. The summed E-state index contributed by atoms with van der Waals surface area (Å²) in [4.78, 5) is 4.58. The molecule has 3 nitrogen and oxygen atoms in total. The Morgan fingerprint density at radius 1 is 1.53 bits per heavy atom. The van der Waals surface area contributed by atoms with Gasteiger partial charge >= 0.3 is 0 Å². The Labute approximate surface area is 107 Å². The first-order chi connectivity index (χ1) is 8.11. The minimum Gasteiger partial charge on any atom is -0.464 e. The van der Waals surface area contributed by atoms with E-state index < -0.39 is 0 Å². The Morgan fingerprint density at radius 2 is 2.35 bits per heavy atom. The molecule has 0 aliphatic carbocycles. The van der Waals surface area contributed by atoms with Crippen LogP contribution in [0.25, 0.3) is 0 Å². The van der Waals surface area contributed by atoms with E-state index >= 15 is 0 Å². The lowest BCUT2D eigenvalue weighted by molar-refractivity contribution is 0.389. The van der Waals surface area contributed by atoms with Crippen LogP contribution in [0.5, 0.6) is 0 Å². The standard InChI is InChI=1S/C13H20N2OS/c1-4-13(3)7-8-17-12(15-13)14-9-11-6-5-10(2)16-11/h5-6H,4,7-9H2,1-3H3,(H,14,15). The number of amidine groups is 1. The minimum atomic E-state index is 0.211. The van der Waals surface area contributed by atoms with Gasteiger partial charge < -0.3 is 9.73 Å². The molecule has 1 aliphatic rings. The van der Waals surface area contributed by atoms with Gasteiger partial charge in [-0.2, -0.15) is 0 Å². The highest BCUT2D eigenvalue weighted by Crippen LogP contribution is 2.25. The van der Waals surface area contributed by atoms with Crippen molar-refractivity contribution >= 4 is 16.9 Å². The summed E-state index contributed by atoms with van der Waals surface area (Å²) < 4.78 is 5.51. The van der Waals surface area contributed by atoms with E-state index in [9.17, 15) is 0 Å². The van der Waals surface area contributed by atoms with E-state index in [2.05, 4.69) is 24.2 Å². The zero-order chi connectivity index (χ0) is 12.3. The molecule has 1 fully saturated rings. The number of nitrogens with zero attached hydrogens (tertiary/aromatic N) is 1. The Morgan fingerprint density at radius 3 is 3.00 bits per heavy atom. The van der Waals surface area contributed by atoms with Crippen LogP contribution in [0.1, 0.15) is 38.2 Å². The Balaban J connectivity index is 1.97. The van der Waals surface area contributed by atoms with Crippen molar-refractivity contribution in [1.82, 2.24) is 5.32 Å². The number of aliphatic imine (C=N–C) groups is 1. The fourth-order valence-corrected chi connectivity index (χ4v) is 3.02. The zero-order valence-electron chi connectivity index (χ0n) is 10.7. The monoisotopic (exact) mass is 252 g/mol. The Hall–Kier alpha value is -0.900. The van der Waals surface area contributed by atoms with Crippen LogP contribution in [-0.2, 0) is 6.54 Å². The van der Waals surface area contributed by atoms with Crippen LogP contribution in [0.4, 0.5) is 0 Å². The average Bonchev–Trinajstić information content (AvgIpc) is 2.73. The van der Waals surface area contributed by atoms with Crippen LogP contribution in [0, 0.1) is 6.92 Å². The SMILES string of the molecule is CCC1(C)CCSC(=NCc2ccc(C)o2)N1. The summed E-state index contributed by atoms with van der Waals surface area (Å²) in [6.07, 6.45) is 2.33. The lowest BCUT2D eigenvalue weighted by atomic mass is 9.96. The molecule has 4 heteroatoms. The molecule has 1 saturated heterocycles. The first-order valence-electron chi connectivity index (χ1n) is 6.12. The van der Waals surface area contributed by atoms with Gasteiger partial charge in [-0.25, -0.2) is 0 Å². The number of rotatable bonds is 3. The third-order valence-electron chi connectivity index (χ3n) is 3.26. The molecule has 1 atom stereocenters. The van der Waals surface area contributed by atoms with Gasteiger partial charge in [0.05, 0.1) is 6.54 Å². The molecule has 1 unspecified atom stereocenters. The molecule has 94 valence electrons. The predicted molar refractivity (Wildman–Crippen MR) is 73.5 cm³/mol. The van der Waals surface area contributed by atoms with E-state index in [1.165, 1.54) is 6.42 Å². The van der Waals surface area contributed by atoms with E-state index in [4.69, 9.17) is 4.42 Å². The second-order valence-corrected chi connectivity index (χ2v) is 5.86. The van der Waals surface area contributed by atoms with Gasteiger partial charge in [-0.1, -0.05) is 18.7 Å². The predicted octanol–water partition coefficient (Wildman–Crippen LogP) is 3.34. The maximum atomic E-state index is 5.51. The van der Waals surface area contributed by atoms with E-state index in [0.717, 1.165) is 28.9 Å². The fraction of sp³-hybridized carbons (Fsp3) is 0.615. The molecule has 0 radical (unpaired) electrons. The van der Waals surface area contributed by atoms with Crippen molar-refractivity contribution in [3.63, 3.8) is 0 Å². The Bertz CT molecular complexity index is 413. The number of aryl methyl sites for hydroxylation is 1. The molecule has 1 N–H and O–H groups in total. The third kappa shape index (κ3) is 3.28. The second-order valence-electron chi connectivity index (χ2n) is 4.77. The van der Waals surface area contributed by atoms with E-state index in [-0.39, 0.29) is 5.54 Å². The molecule has 0 bridgehead atoms. The number of thioether (sulfide) groups is 1. The van der Waals surface area contributed by atoms with E-state index in [1.54, 1.807) is 11.8 Å². The molecule has 1 aliphatic heterocycles. The maximum absolute atomic E-state index is 5.51. The van der Waals surface area contributed by atoms with Crippen LogP contribution in [0.15, 0.2) is 21.5 Å². The van der Waals surface area contributed by atoms with Crippen LogP contribution in [-0.4, -0.2) is 16.5 Å². The summed E-state index contributed by atoms with van der Waals surface area (Å²) >= 11 is 1.80. The fourth-order valence-electron chi connectivity index (χ4n) is 1.80. The van der Waals surface area contributed by atoms with Gasteiger partial charge in [0.1, 0.15) is 11.5 Å². The summed E-state index contributed by atoms with van der Waals surface area (Å²) in [5.74, 6) is 3.02. The van der Waals surface area contributed by atoms with Crippen molar-refractivity contribution in [3.05, 3.63) is 23.7 Å². The first kappa shape index (κ1) is 12.6. The summed E-state index contributed by atoms with van der Waals surface area (Å²) in [6, 6.07) is 3.97. The highest BCUT2D eigenvalue weighted by Gasteiger charge is 2.27. The van der Waals surface area contributed by atoms with Gasteiger partial charge in [0, 0.05) is 11.3 Å². The second kappa shape index (κ2) is 5.17. The number of hydrogen-bond acceptors (Lipinski definition) is 3. The number of hydrogen-bond donors (Lipinski definition) is 1. The van der Waals surface area contributed by atoms with Crippen molar-refractivity contribution in [2.24, 2.45) is 4.99 Å². The molecule has 17 heavy (non-hydrogen) atoms. The molecule has 1 aromatic rings. The van der Waals surface area contributed by atoms with Gasteiger partial charge in [0.2, 0.25) is 0 Å².